The Labute approximate surface area is 245 Å². The molecule has 0 bridgehead atoms. The molecule has 1 saturated heterocycles. The summed E-state index contributed by atoms with van der Waals surface area (Å²) in [5.74, 6) is -1.49. The van der Waals surface area contributed by atoms with E-state index in [-0.39, 0.29) is 47.2 Å². The van der Waals surface area contributed by atoms with E-state index in [0.717, 1.165) is 4.90 Å². The first kappa shape index (κ1) is 27.3. The summed E-state index contributed by atoms with van der Waals surface area (Å²) in [5.41, 5.74) is 0.990. The molecular formula is C27H24Cl2F3N7O3. The van der Waals surface area contributed by atoms with Crippen LogP contribution in [0.25, 0.3) is 22.1 Å². The number of aromatic amines is 2. The predicted molar refractivity (Wildman–Crippen MR) is 147 cm³/mol. The molecule has 0 spiro atoms. The molecule has 2 aliphatic heterocycles. The predicted octanol–water partition coefficient (Wildman–Crippen LogP) is 4.54. The highest BCUT2D eigenvalue weighted by atomic mass is 35.5. The molecule has 1 saturated carbocycles. The second-order valence-corrected chi connectivity index (χ2v) is 12.1. The second-order valence-electron chi connectivity index (χ2n) is 11.3. The molecule has 2 amide bonds. The number of nitrogens with one attached hydrogen (secondary N) is 2. The van der Waals surface area contributed by atoms with Crippen LogP contribution in [-0.2, 0) is 16.1 Å². The van der Waals surface area contributed by atoms with E-state index in [9.17, 15) is 27.6 Å². The van der Waals surface area contributed by atoms with Gasteiger partial charge in [0.25, 0.3) is 0 Å². The topological polar surface area (TPSA) is 120 Å². The van der Waals surface area contributed by atoms with E-state index in [1.54, 1.807) is 27.8 Å². The number of hydrogen-bond donors (Lipinski definition) is 2. The number of carbonyl (C=O) groups excluding carboxylic acids is 2. The van der Waals surface area contributed by atoms with Gasteiger partial charge in [-0.3, -0.25) is 24.2 Å². The minimum absolute atomic E-state index is 0.125. The van der Waals surface area contributed by atoms with Gasteiger partial charge in [-0.15, -0.1) is 0 Å². The third-order valence-electron chi connectivity index (χ3n) is 8.90. The van der Waals surface area contributed by atoms with Crippen LogP contribution in [0.5, 0.6) is 0 Å². The van der Waals surface area contributed by atoms with E-state index in [2.05, 4.69) is 20.2 Å². The van der Waals surface area contributed by atoms with Crippen LogP contribution in [0.15, 0.2) is 29.2 Å². The summed E-state index contributed by atoms with van der Waals surface area (Å²) < 4.78 is 42.6. The average Bonchev–Trinajstić information content (AvgIpc) is 3.38. The van der Waals surface area contributed by atoms with Gasteiger partial charge in [-0.2, -0.15) is 18.3 Å². The fourth-order valence-corrected chi connectivity index (χ4v) is 7.40. The minimum Gasteiger partial charge on any atom is -0.343 e. The van der Waals surface area contributed by atoms with Crippen LogP contribution in [0.1, 0.15) is 48.8 Å². The Kier molecular flexibility index (Phi) is 6.14. The number of piperidine rings is 1. The number of aromatic nitrogens is 5. The van der Waals surface area contributed by atoms with Crippen LogP contribution in [-0.4, -0.2) is 72.2 Å². The number of benzene rings is 1. The summed E-state index contributed by atoms with van der Waals surface area (Å²) in [6, 6.07) is 5.04. The van der Waals surface area contributed by atoms with E-state index in [0.29, 0.717) is 59.1 Å². The number of alkyl halides is 3. The van der Waals surface area contributed by atoms with E-state index in [1.807, 2.05) is 6.07 Å². The van der Waals surface area contributed by atoms with Gasteiger partial charge in [0.1, 0.15) is 17.2 Å². The number of imidazole rings is 1. The number of carbonyl (C=O) groups is 2. The summed E-state index contributed by atoms with van der Waals surface area (Å²) >= 11 is 12.8. The maximum absolute atomic E-state index is 13.8. The Morgan fingerprint density at radius 3 is 2.69 bits per heavy atom. The van der Waals surface area contributed by atoms with Crippen molar-refractivity contribution < 1.29 is 22.8 Å². The fraction of sp³-hybridized carbons (Fsp3) is 0.444. The number of halogens is 5. The Morgan fingerprint density at radius 1 is 1.19 bits per heavy atom. The molecule has 42 heavy (non-hydrogen) atoms. The molecule has 2 fully saturated rings. The zero-order chi connectivity index (χ0) is 29.6. The van der Waals surface area contributed by atoms with Crippen molar-refractivity contribution in [1.29, 1.82) is 0 Å². The summed E-state index contributed by atoms with van der Waals surface area (Å²) in [4.78, 5) is 49.4. The number of likely N-dealkylation sites (tertiary alicyclic amines) is 1. The molecule has 1 aromatic carbocycles. The van der Waals surface area contributed by atoms with Crippen molar-refractivity contribution in [2.75, 3.05) is 19.6 Å². The van der Waals surface area contributed by atoms with Crippen molar-refractivity contribution in [2.24, 2.45) is 5.41 Å². The van der Waals surface area contributed by atoms with E-state index >= 15 is 0 Å². The molecule has 7 rings (SSSR count). The fourth-order valence-electron chi connectivity index (χ4n) is 6.90. The number of pyridine rings is 1. The second kappa shape index (κ2) is 9.46. The highest BCUT2D eigenvalue weighted by molar-refractivity contribution is 6.39. The number of H-pyrrole nitrogens is 2. The number of amides is 2. The number of fused-ring (bicyclic) bond motifs is 6. The number of hydrogen-bond acceptors (Lipinski definition) is 5. The Balaban J connectivity index is 1.16. The number of rotatable bonds is 4. The standard InChI is InChI=1S/C27H24Cl2F3N7O3/c28-17-8-14-15(20-21(17)35-36-22(20)29)11-38(12-27(30,31)32)24(41)26(9-16(14)26)10-19(40)37-6-3-13(4-7-37)39-18-2-1-5-33-23(18)34-25(39)42/h1-2,5,8,13,16H,3-4,6-7,9-12H2,(H,35,36)(H,33,34,42)/t16-,26?/m1/s1. The van der Waals surface area contributed by atoms with Crippen molar-refractivity contribution in [3.05, 3.63) is 56.2 Å². The lowest BCUT2D eigenvalue weighted by Gasteiger charge is -2.34. The van der Waals surface area contributed by atoms with Gasteiger partial charge in [0.05, 0.1) is 16.0 Å². The van der Waals surface area contributed by atoms with Gasteiger partial charge in [-0.25, -0.2) is 9.78 Å². The monoisotopic (exact) mass is 621 g/mol. The van der Waals surface area contributed by atoms with Crippen LogP contribution in [0.4, 0.5) is 13.2 Å². The van der Waals surface area contributed by atoms with Crippen LogP contribution in [0.2, 0.25) is 10.2 Å². The molecule has 3 aliphatic rings. The van der Waals surface area contributed by atoms with Crippen molar-refractivity contribution in [2.45, 2.75) is 50.4 Å². The third-order valence-corrected chi connectivity index (χ3v) is 9.46. The molecule has 2 atom stereocenters. The lowest BCUT2D eigenvalue weighted by Crippen LogP contribution is -2.45. The molecule has 15 heteroatoms. The van der Waals surface area contributed by atoms with Crippen molar-refractivity contribution in [3.8, 4) is 0 Å². The van der Waals surface area contributed by atoms with Gasteiger partial charge in [0.2, 0.25) is 11.8 Å². The van der Waals surface area contributed by atoms with Crippen molar-refractivity contribution in [3.63, 3.8) is 0 Å². The lowest BCUT2D eigenvalue weighted by atomic mass is 9.91. The first-order valence-corrected chi connectivity index (χ1v) is 14.3. The average molecular weight is 622 g/mol. The van der Waals surface area contributed by atoms with Gasteiger partial charge in [-0.1, -0.05) is 23.2 Å². The summed E-state index contributed by atoms with van der Waals surface area (Å²) in [6.45, 7) is -1.09. The highest BCUT2D eigenvalue weighted by Crippen LogP contribution is 2.65. The number of nitrogens with zero attached hydrogens (tertiary/aromatic N) is 5. The van der Waals surface area contributed by atoms with Crippen LogP contribution < -0.4 is 5.69 Å². The molecule has 3 aromatic heterocycles. The van der Waals surface area contributed by atoms with Crippen molar-refractivity contribution >= 4 is 57.1 Å². The molecule has 1 aliphatic carbocycles. The van der Waals surface area contributed by atoms with Gasteiger partial charge < -0.3 is 9.80 Å². The summed E-state index contributed by atoms with van der Waals surface area (Å²) in [6.07, 6.45) is -2.02. The SMILES string of the molecule is O=C(CC12C[C@@H]1c1cc(Cl)c3n[nH]c(Cl)c3c1CN(CC(F)(F)F)C2=O)N1CCC(n2c(=O)[nH]c3ncccc32)CC1. The molecule has 10 nitrogen and oxygen atoms in total. The molecule has 0 radical (unpaired) electrons. The van der Waals surface area contributed by atoms with Crippen LogP contribution in [0.3, 0.4) is 0 Å². The molecule has 5 heterocycles. The maximum Gasteiger partial charge on any atom is 0.406 e. The van der Waals surface area contributed by atoms with Crippen LogP contribution in [0, 0.1) is 5.41 Å². The zero-order valence-electron chi connectivity index (χ0n) is 22.0. The highest BCUT2D eigenvalue weighted by Gasteiger charge is 2.65. The Hall–Kier alpha value is -3.58. The third kappa shape index (κ3) is 4.27. The maximum atomic E-state index is 13.8. The van der Waals surface area contributed by atoms with Gasteiger partial charge >= 0.3 is 11.9 Å². The normalized spacial score (nSPS) is 22.9. The first-order chi connectivity index (χ1) is 20.0. The largest absolute Gasteiger partial charge is 0.406 e. The van der Waals surface area contributed by atoms with E-state index in [4.69, 9.17) is 23.2 Å². The molecular weight excluding hydrogens is 598 g/mol. The quantitative estimate of drug-likeness (QED) is 0.347. The van der Waals surface area contributed by atoms with Gasteiger partial charge in [0, 0.05) is 49.6 Å². The van der Waals surface area contributed by atoms with Crippen molar-refractivity contribution in [1.82, 2.24) is 34.5 Å². The smallest absolute Gasteiger partial charge is 0.343 e. The molecule has 2 N–H and O–H groups in total. The molecule has 1 unspecified atom stereocenters. The summed E-state index contributed by atoms with van der Waals surface area (Å²) in [5, 5.41) is 7.48. The first-order valence-electron chi connectivity index (χ1n) is 13.5. The summed E-state index contributed by atoms with van der Waals surface area (Å²) in [7, 11) is 0. The minimum atomic E-state index is -4.64. The molecule has 220 valence electrons. The van der Waals surface area contributed by atoms with Gasteiger partial charge in [0.15, 0.2) is 5.65 Å². The zero-order valence-corrected chi connectivity index (χ0v) is 23.5. The van der Waals surface area contributed by atoms with Gasteiger partial charge in [-0.05, 0) is 48.6 Å². The molecule has 4 aromatic rings. The Bertz CT molecular complexity index is 1830. The van der Waals surface area contributed by atoms with E-state index < -0.39 is 30.0 Å². The Morgan fingerprint density at radius 2 is 1.95 bits per heavy atom. The van der Waals surface area contributed by atoms with E-state index in [1.165, 1.54) is 0 Å². The lowest BCUT2D eigenvalue weighted by molar-refractivity contribution is -0.166. The van der Waals surface area contributed by atoms with Crippen LogP contribution >= 0.6 is 23.2 Å².